The Morgan fingerprint density at radius 3 is 2.71 bits per heavy atom. The molecule has 6 nitrogen and oxygen atoms in total. The van der Waals surface area contributed by atoms with Crippen molar-refractivity contribution in [3.05, 3.63) is 24.0 Å². The van der Waals surface area contributed by atoms with Crippen molar-refractivity contribution in [2.45, 2.75) is 13.3 Å². The second-order valence-corrected chi connectivity index (χ2v) is 3.44. The van der Waals surface area contributed by atoms with Gasteiger partial charge in [0.25, 0.3) is 0 Å². The number of anilines is 1. The number of rotatable bonds is 6. The average Bonchev–Trinajstić information content (AvgIpc) is 2.28. The summed E-state index contributed by atoms with van der Waals surface area (Å²) in [4.78, 5) is 25.7. The Balaban J connectivity index is 2.50. The van der Waals surface area contributed by atoms with Crippen LogP contribution in [0.5, 0.6) is 0 Å². The van der Waals surface area contributed by atoms with E-state index in [1.54, 1.807) is 12.1 Å². The highest BCUT2D eigenvalue weighted by Crippen LogP contribution is 2.06. The van der Waals surface area contributed by atoms with Crippen LogP contribution < -0.4 is 10.6 Å². The van der Waals surface area contributed by atoms with Gasteiger partial charge in [-0.25, -0.2) is 0 Å². The van der Waals surface area contributed by atoms with Crippen LogP contribution in [0.1, 0.15) is 12.6 Å². The van der Waals surface area contributed by atoms with E-state index in [4.69, 9.17) is 5.11 Å². The molecule has 0 spiro atoms. The molecule has 0 saturated carbocycles. The Hall–Kier alpha value is -1.95. The standard InChI is InChI=1S/C11H15N3O3/c1-2-12-7-10(15)14-9-4-3-8(13-6-9)5-11(16)17/h3-4,6,12H,2,5,7H2,1H3,(H,14,15)(H,16,17). The molecular formula is C11H15N3O3. The number of nitrogens with zero attached hydrogens (tertiary/aromatic N) is 1. The highest BCUT2D eigenvalue weighted by Gasteiger charge is 2.04. The van der Waals surface area contributed by atoms with Crippen LogP contribution in [0.3, 0.4) is 0 Å². The van der Waals surface area contributed by atoms with Gasteiger partial charge in [0.15, 0.2) is 0 Å². The molecule has 1 aromatic rings. The van der Waals surface area contributed by atoms with E-state index in [1.165, 1.54) is 6.20 Å². The lowest BCUT2D eigenvalue weighted by Gasteiger charge is -2.05. The molecule has 0 aliphatic rings. The van der Waals surface area contributed by atoms with Gasteiger partial charge in [0.05, 0.1) is 30.5 Å². The van der Waals surface area contributed by atoms with Crippen LogP contribution in [0.4, 0.5) is 5.69 Å². The zero-order valence-corrected chi connectivity index (χ0v) is 9.56. The SMILES string of the molecule is CCNCC(=O)Nc1ccc(CC(=O)O)nc1. The fourth-order valence-electron chi connectivity index (χ4n) is 1.20. The van der Waals surface area contributed by atoms with Gasteiger partial charge in [0, 0.05) is 0 Å². The van der Waals surface area contributed by atoms with Crippen LogP contribution in [0.15, 0.2) is 18.3 Å². The molecule has 1 aromatic heterocycles. The predicted octanol–water partition coefficient (Wildman–Crippen LogP) is 0.257. The molecule has 0 saturated heterocycles. The number of hydrogen-bond acceptors (Lipinski definition) is 4. The van der Waals surface area contributed by atoms with E-state index in [0.29, 0.717) is 11.4 Å². The largest absolute Gasteiger partial charge is 0.481 e. The molecular weight excluding hydrogens is 222 g/mol. The number of aliphatic carboxylic acids is 1. The van der Waals surface area contributed by atoms with Gasteiger partial charge < -0.3 is 15.7 Å². The van der Waals surface area contributed by atoms with Crippen LogP contribution in [0, 0.1) is 0 Å². The second-order valence-electron chi connectivity index (χ2n) is 3.44. The number of aromatic nitrogens is 1. The van der Waals surface area contributed by atoms with E-state index in [2.05, 4.69) is 15.6 Å². The summed E-state index contributed by atoms with van der Waals surface area (Å²) in [5.41, 5.74) is 1.02. The number of carboxylic acid groups (broad SMARTS) is 1. The first kappa shape index (κ1) is 13.1. The maximum Gasteiger partial charge on any atom is 0.309 e. The summed E-state index contributed by atoms with van der Waals surface area (Å²) < 4.78 is 0. The molecule has 0 aromatic carbocycles. The van der Waals surface area contributed by atoms with E-state index in [-0.39, 0.29) is 18.9 Å². The third-order valence-electron chi connectivity index (χ3n) is 1.98. The normalized spacial score (nSPS) is 9.94. The van der Waals surface area contributed by atoms with Crippen molar-refractivity contribution >= 4 is 17.6 Å². The van der Waals surface area contributed by atoms with E-state index in [9.17, 15) is 9.59 Å². The van der Waals surface area contributed by atoms with Gasteiger partial charge in [0.1, 0.15) is 0 Å². The smallest absolute Gasteiger partial charge is 0.309 e. The number of carboxylic acids is 1. The first-order valence-corrected chi connectivity index (χ1v) is 5.29. The molecule has 0 bridgehead atoms. The molecule has 0 radical (unpaired) electrons. The number of pyridine rings is 1. The summed E-state index contributed by atoms with van der Waals surface area (Å²) in [6.07, 6.45) is 1.33. The Bertz CT molecular complexity index is 389. The van der Waals surface area contributed by atoms with Crippen molar-refractivity contribution in [1.29, 1.82) is 0 Å². The quantitative estimate of drug-likeness (QED) is 0.660. The van der Waals surface area contributed by atoms with E-state index < -0.39 is 5.97 Å². The fourth-order valence-corrected chi connectivity index (χ4v) is 1.20. The Labute approximate surface area is 99.1 Å². The number of carbonyl (C=O) groups excluding carboxylic acids is 1. The summed E-state index contributed by atoms with van der Waals surface area (Å²) in [5, 5.41) is 14.1. The van der Waals surface area contributed by atoms with Crippen LogP contribution in [0.25, 0.3) is 0 Å². The third kappa shape index (κ3) is 5.07. The van der Waals surface area contributed by atoms with Crippen molar-refractivity contribution in [3.63, 3.8) is 0 Å². The van der Waals surface area contributed by atoms with E-state index >= 15 is 0 Å². The van der Waals surface area contributed by atoms with E-state index in [0.717, 1.165) is 6.54 Å². The molecule has 6 heteroatoms. The first-order valence-electron chi connectivity index (χ1n) is 5.29. The number of nitrogens with one attached hydrogen (secondary N) is 2. The Morgan fingerprint density at radius 1 is 1.41 bits per heavy atom. The van der Waals surface area contributed by atoms with Crippen LogP contribution >= 0.6 is 0 Å². The lowest BCUT2D eigenvalue weighted by atomic mass is 10.2. The van der Waals surface area contributed by atoms with Gasteiger partial charge in [-0.2, -0.15) is 0 Å². The highest BCUT2D eigenvalue weighted by atomic mass is 16.4. The van der Waals surface area contributed by atoms with Crippen molar-refractivity contribution in [3.8, 4) is 0 Å². The molecule has 0 aliphatic heterocycles. The topological polar surface area (TPSA) is 91.3 Å². The summed E-state index contributed by atoms with van der Waals surface area (Å²) in [5.74, 6) is -1.08. The third-order valence-corrected chi connectivity index (χ3v) is 1.98. The second kappa shape index (κ2) is 6.59. The van der Waals surface area contributed by atoms with Gasteiger partial charge in [-0.15, -0.1) is 0 Å². The van der Waals surface area contributed by atoms with Gasteiger partial charge >= 0.3 is 5.97 Å². The lowest BCUT2D eigenvalue weighted by Crippen LogP contribution is -2.27. The van der Waals surface area contributed by atoms with Crippen molar-refractivity contribution in [2.75, 3.05) is 18.4 Å². The number of likely N-dealkylation sites (N-methyl/N-ethyl adjacent to an activating group) is 1. The fraction of sp³-hybridized carbons (Fsp3) is 0.364. The minimum atomic E-state index is -0.929. The van der Waals surface area contributed by atoms with Crippen molar-refractivity contribution in [1.82, 2.24) is 10.3 Å². The summed E-state index contributed by atoms with van der Waals surface area (Å²) >= 11 is 0. The minimum absolute atomic E-state index is 0.119. The van der Waals surface area contributed by atoms with Crippen molar-refractivity contribution < 1.29 is 14.7 Å². The van der Waals surface area contributed by atoms with Gasteiger partial charge in [-0.05, 0) is 18.7 Å². The first-order chi connectivity index (χ1) is 8.11. The summed E-state index contributed by atoms with van der Waals surface area (Å²) in [6.45, 7) is 2.88. The van der Waals surface area contributed by atoms with Crippen LogP contribution in [0.2, 0.25) is 0 Å². The zero-order chi connectivity index (χ0) is 12.7. The lowest BCUT2D eigenvalue weighted by molar-refractivity contribution is -0.136. The molecule has 1 rings (SSSR count). The highest BCUT2D eigenvalue weighted by molar-refractivity contribution is 5.92. The molecule has 0 unspecified atom stereocenters. The molecule has 0 atom stereocenters. The summed E-state index contributed by atoms with van der Waals surface area (Å²) in [6, 6.07) is 3.21. The number of carbonyl (C=O) groups is 2. The minimum Gasteiger partial charge on any atom is -0.481 e. The molecule has 3 N–H and O–H groups in total. The van der Waals surface area contributed by atoms with Crippen molar-refractivity contribution in [2.24, 2.45) is 0 Å². The van der Waals surface area contributed by atoms with Crippen LogP contribution in [-0.4, -0.2) is 35.1 Å². The molecule has 17 heavy (non-hydrogen) atoms. The molecule has 1 heterocycles. The molecule has 1 amide bonds. The molecule has 0 fully saturated rings. The van der Waals surface area contributed by atoms with Crippen LogP contribution in [-0.2, 0) is 16.0 Å². The maximum atomic E-state index is 11.3. The van der Waals surface area contributed by atoms with E-state index in [1.807, 2.05) is 6.92 Å². The maximum absolute atomic E-state index is 11.3. The van der Waals surface area contributed by atoms with Gasteiger partial charge in [0.2, 0.25) is 5.91 Å². The summed E-state index contributed by atoms with van der Waals surface area (Å²) in [7, 11) is 0. The predicted molar refractivity (Wildman–Crippen MR) is 62.8 cm³/mol. The van der Waals surface area contributed by atoms with Gasteiger partial charge in [-0.3, -0.25) is 14.6 Å². The average molecular weight is 237 g/mol. The Morgan fingerprint density at radius 2 is 2.18 bits per heavy atom. The monoisotopic (exact) mass is 237 g/mol. The number of amides is 1. The zero-order valence-electron chi connectivity index (χ0n) is 9.56. The number of hydrogen-bond donors (Lipinski definition) is 3. The molecule has 0 aliphatic carbocycles. The van der Waals surface area contributed by atoms with Gasteiger partial charge in [-0.1, -0.05) is 6.92 Å². The Kier molecular flexibility index (Phi) is 5.09. The molecule has 92 valence electrons.